The van der Waals surface area contributed by atoms with E-state index in [2.05, 4.69) is 4.99 Å². The largest absolute Gasteiger partial charge is 0.497 e. The monoisotopic (exact) mass is 584 g/mol. The van der Waals surface area contributed by atoms with Gasteiger partial charge in [-0.25, -0.2) is 14.6 Å². The van der Waals surface area contributed by atoms with Gasteiger partial charge in [0.05, 0.1) is 41.1 Å². The summed E-state index contributed by atoms with van der Waals surface area (Å²) in [6.45, 7) is 3.87. The summed E-state index contributed by atoms with van der Waals surface area (Å²) in [7, 11) is 1.56. The second kappa shape index (κ2) is 12.3. The Balaban J connectivity index is 1.56. The van der Waals surface area contributed by atoms with Gasteiger partial charge in [-0.2, -0.15) is 0 Å². The Hall–Kier alpha value is -4.96. The maximum absolute atomic E-state index is 14.0. The number of methoxy groups -OCH3 is 1. The van der Waals surface area contributed by atoms with Crippen LogP contribution in [0.4, 0.5) is 0 Å². The molecule has 3 aromatic carbocycles. The van der Waals surface area contributed by atoms with E-state index in [1.165, 1.54) is 28.0 Å². The minimum absolute atomic E-state index is 0.186. The van der Waals surface area contributed by atoms with Gasteiger partial charge >= 0.3 is 11.9 Å². The molecule has 10 heteroatoms. The number of rotatable bonds is 9. The van der Waals surface area contributed by atoms with Crippen LogP contribution in [0.15, 0.2) is 93.9 Å². The molecule has 1 aliphatic rings. The number of carboxylic acid groups (broad SMARTS) is 1. The number of allylic oxidation sites excluding steroid dienone is 1. The van der Waals surface area contributed by atoms with Gasteiger partial charge in [-0.3, -0.25) is 9.36 Å². The number of benzene rings is 3. The molecule has 42 heavy (non-hydrogen) atoms. The van der Waals surface area contributed by atoms with Gasteiger partial charge in [-0.05, 0) is 61.4 Å². The molecule has 5 rings (SSSR count). The van der Waals surface area contributed by atoms with E-state index in [1.54, 1.807) is 57.4 Å². The van der Waals surface area contributed by atoms with Gasteiger partial charge in [0.2, 0.25) is 0 Å². The molecule has 0 fully saturated rings. The summed E-state index contributed by atoms with van der Waals surface area (Å²) in [5, 5.41) is 9.13. The molecule has 4 aromatic rings. The van der Waals surface area contributed by atoms with Gasteiger partial charge in [0.1, 0.15) is 18.1 Å². The fraction of sp³-hybridized carbons (Fsp3) is 0.188. The Morgan fingerprint density at radius 3 is 2.55 bits per heavy atom. The van der Waals surface area contributed by atoms with Crippen LogP contribution in [-0.2, 0) is 16.1 Å². The zero-order valence-electron chi connectivity index (χ0n) is 23.2. The molecule has 0 saturated carbocycles. The summed E-state index contributed by atoms with van der Waals surface area (Å²) in [4.78, 5) is 43.3. The Kier molecular flexibility index (Phi) is 8.35. The zero-order valence-corrected chi connectivity index (χ0v) is 24.0. The van der Waals surface area contributed by atoms with Crippen molar-refractivity contribution in [3.05, 3.63) is 126 Å². The van der Waals surface area contributed by atoms with Gasteiger partial charge in [-0.1, -0.05) is 53.8 Å². The standard InChI is InChI=1S/C32H28N2O7S/c1-4-40-31(38)27-19(2)33-32-34(28(27)23-9-7-10-24(16-23)39-3)29(35)26(42-32)17-22-8-5-6-11-25(22)41-18-20-12-14-21(15-13-20)30(36)37/h5-17,28H,4,18H2,1-3H3,(H,36,37)/b26-17-/t28-/m0/s1. The topological polar surface area (TPSA) is 116 Å². The van der Waals surface area contributed by atoms with Crippen LogP contribution >= 0.6 is 11.3 Å². The molecule has 1 aromatic heterocycles. The van der Waals surface area contributed by atoms with E-state index in [9.17, 15) is 14.4 Å². The molecule has 0 aliphatic carbocycles. The number of hydrogen-bond donors (Lipinski definition) is 1. The molecule has 0 spiro atoms. The molecular weight excluding hydrogens is 556 g/mol. The highest BCUT2D eigenvalue weighted by Crippen LogP contribution is 2.32. The molecule has 1 atom stereocenters. The summed E-state index contributed by atoms with van der Waals surface area (Å²) in [5.41, 5.74) is 2.84. The van der Waals surface area contributed by atoms with Crippen LogP contribution < -0.4 is 24.4 Å². The van der Waals surface area contributed by atoms with E-state index in [1.807, 2.05) is 30.3 Å². The van der Waals surface area contributed by atoms with Gasteiger partial charge in [0.25, 0.3) is 5.56 Å². The lowest BCUT2D eigenvalue weighted by molar-refractivity contribution is -0.139. The van der Waals surface area contributed by atoms with Crippen molar-refractivity contribution in [3.63, 3.8) is 0 Å². The normalized spacial score (nSPS) is 14.6. The average molecular weight is 585 g/mol. The molecule has 1 aliphatic heterocycles. The lowest BCUT2D eigenvalue weighted by Crippen LogP contribution is -2.39. The Morgan fingerprint density at radius 2 is 1.83 bits per heavy atom. The lowest BCUT2D eigenvalue weighted by Gasteiger charge is -2.25. The maximum atomic E-state index is 14.0. The van der Waals surface area contributed by atoms with Gasteiger partial charge in [0.15, 0.2) is 4.80 Å². The number of nitrogens with zero attached hydrogens (tertiary/aromatic N) is 2. The number of aromatic carboxylic acids is 1. The summed E-state index contributed by atoms with van der Waals surface area (Å²) in [6, 6.07) is 20.3. The Morgan fingerprint density at radius 1 is 1.07 bits per heavy atom. The molecule has 9 nitrogen and oxygen atoms in total. The first-order valence-electron chi connectivity index (χ1n) is 13.2. The first-order chi connectivity index (χ1) is 20.3. The second-order valence-corrected chi connectivity index (χ2v) is 10.4. The minimum Gasteiger partial charge on any atom is -0.497 e. The first-order valence-corrected chi connectivity index (χ1v) is 14.0. The van der Waals surface area contributed by atoms with Crippen molar-refractivity contribution < 1.29 is 28.9 Å². The second-order valence-electron chi connectivity index (χ2n) is 9.41. The van der Waals surface area contributed by atoms with Crippen LogP contribution in [0.2, 0.25) is 0 Å². The minimum atomic E-state index is -0.993. The molecule has 0 bridgehead atoms. The quantitative estimate of drug-likeness (QED) is 0.295. The number of ether oxygens (including phenoxy) is 3. The summed E-state index contributed by atoms with van der Waals surface area (Å²) >= 11 is 1.22. The third-order valence-electron chi connectivity index (χ3n) is 6.73. The molecule has 214 valence electrons. The van der Waals surface area contributed by atoms with E-state index in [-0.39, 0.29) is 24.3 Å². The third-order valence-corrected chi connectivity index (χ3v) is 7.71. The zero-order chi connectivity index (χ0) is 29.8. The van der Waals surface area contributed by atoms with Crippen molar-refractivity contribution >= 4 is 29.4 Å². The van der Waals surface area contributed by atoms with Gasteiger partial charge in [-0.15, -0.1) is 0 Å². The number of esters is 1. The molecule has 1 N–H and O–H groups in total. The van der Waals surface area contributed by atoms with E-state index < -0.39 is 18.0 Å². The van der Waals surface area contributed by atoms with Crippen molar-refractivity contribution in [2.24, 2.45) is 4.99 Å². The number of thiazole rings is 1. The van der Waals surface area contributed by atoms with Crippen LogP contribution in [0.5, 0.6) is 11.5 Å². The highest BCUT2D eigenvalue weighted by molar-refractivity contribution is 7.07. The highest BCUT2D eigenvalue weighted by Gasteiger charge is 2.33. The fourth-order valence-corrected chi connectivity index (χ4v) is 5.73. The molecule has 0 radical (unpaired) electrons. The molecule has 2 heterocycles. The predicted molar refractivity (Wildman–Crippen MR) is 158 cm³/mol. The maximum Gasteiger partial charge on any atom is 0.338 e. The number of fused-ring (bicyclic) bond motifs is 1. The average Bonchev–Trinajstić information content (AvgIpc) is 3.30. The van der Waals surface area contributed by atoms with Gasteiger partial charge in [0, 0.05) is 5.56 Å². The van der Waals surface area contributed by atoms with Crippen LogP contribution in [0.25, 0.3) is 6.08 Å². The van der Waals surface area contributed by atoms with Crippen molar-refractivity contribution in [1.82, 2.24) is 4.57 Å². The molecular formula is C32H28N2O7S. The number of carbonyl (C=O) groups is 2. The van der Waals surface area contributed by atoms with Crippen molar-refractivity contribution in [1.29, 1.82) is 0 Å². The van der Waals surface area contributed by atoms with E-state index >= 15 is 0 Å². The van der Waals surface area contributed by atoms with Crippen molar-refractivity contribution in [2.45, 2.75) is 26.5 Å². The van der Waals surface area contributed by atoms with Crippen LogP contribution in [-0.4, -0.2) is 35.3 Å². The van der Waals surface area contributed by atoms with Crippen LogP contribution in [0, 0.1) is 0 Å². The molecule has 0 saturated heterocycles. The van der Waals surface area contributed by atoms with Crippen molar-refractivity contribution in [3.8, 4) is 11.5 Å². The lowest BCUT2D eigenvalue weighted by atomic mass is 9.95. The van der Waals surface area contributed by atoms with E-state index in [0.29, 0.717) is 43.2 Å². The first kappa shape index (κ1) is 28.6. The highest BCUT2D eigenvalue weighted by atomic mass is 32.1. The van der Waals surface area contributed by atoms with E-state index in [0.717, 1.165) is 5.56 Å². The number of carboxylic acids is 1. The van der Waals surface area contributed by atoms with Gasteiger partial charge < -0.3 is 19.3 Å². The number of carbonyl (C=O) groups excluding carboxylic acids is 1. The number of para-hydroxylation sites is 1. The summed E-state index contributed by atoms with van der Waals surface area (Å²) < 4.78 is 18.8. The SMILES string of the molecule is CCOC(=O)C1=C(C)N=c2s/c(=C\c3ccccc3OCc3ccc(C(=O)O)cc3)c(=O)n2[C@H]1c1cccc(OC)c1. The fourth-order valence-electron chi connectivity index (χ4n) is 4.70. The number of hydrogen-bond acceptors (Lipinski definition) is 8. The smallest absolute Gasteiger partial charge is 0.338 e. The Labute approximate surface area is 245 Å². The third kappa shape index (κ3) is 5.75. The summed E-state index contributed by atoms with van der Waals surface area (Å²) in [6.07, 6.45) is 1.75. The molecule has 0 amide bonds. The molecule has 0 unspecified atom stereocenters. The summed E-state index contributed by atoms with van der Waals surface area (Å²) in [5.74, 6) is -0.377. The van der Waals surface area contributed by atoms with Crippen molar-refractivity contribution in [2.75, 3.05) is 13.7 Å². The van der Waals surface area contributed by atoms with Crippen LogP contribution in [0.3, 0.4) is 0 Å². The Bertz CT molecular complexity index is 1870. The predicted octanol–water partition coefficient (Wildman–Crippen LogP) is 4.08. The van der Waals surface area contributed by atoms with E-state index in [4.69, 9.17) is 19.3 Å². The number of aromatic nitrogens is 1. The van der Waals surface area contributed by atoms with Crippen LogP contribution in [0.1, 0.15) is 46.9 Å².